The normalized spacial score (nSPS) is 17.0. The molecule has 0 amide bonds. The van der Waals surface area contributed by atoms with Crippen molar-refractivity contribution in [1.82, 2.24) is 4.90 Å². The summed E-state index contributed by atoms with van der Waals surface area (Å²) >= 11 is 0. The third-order valence-electron chi connectivity index (χ3n) is 4.01. The van der Waals surface area contributed by atoms with Crippen molar-refractivity contribution < 1.29 is 13.2 Å². The number of halogens is 3. The van der Waals surface area contributed by atoms with Crippen molar-refractivity contribution in [3.63, 3.8) is 0 Å². The number of hydrogen-bond acceptors (Lipinski definition) is 4. The van der Waals surface area contributed by atoms with Crippen LogP contribution in [0.3, 0.4) is 0 Å². The molecule has 0 aliphatic carbocycles. The minimum atomic E-state index is -4.41. The highest BCUT2D eigenvalue weighted by molar-refractivity contribution is 5.59. The summed E-state index contributed by atoms with van der Waals surface area (Å²) in [5.41, 5.74) is 10.5. The Morgan fingerprint density at radius 3 is 2.32 bits per heavy atom. The summed E-state index contributed by atoms with van der Waals surface area (Å²) in [7, 11) is 0. The van der Waals surface area contributed by atoms with Crippen LogP contribution in [0.25, 0.3) is 0 Å². The highest BCUT2D eigenvalue weighted by Gasteiger charge is 2.33. The zero-order chi connectivity index (χ0) is 16.2. The summed E-state index contributed by atoms with van der Waals surface area (Å²) in [6.07, 6.45) is -2.34. The van der Waals surface area contributed by atoms with E-state index in [2.05, 4.69) is 4.90 Å². The molecule has 1 saturated heterocycles. The number of benzene rings is 1. The van der Waals surface area contributed by atoms with Gasteiger partial charge in [0.05, 0.1) is 5.56 Å². The van der Waals surface area contributed by atoms with E-state index in [1.165, 1.54) is 6.07 Å². The molecule has 1 aromatic carbocycles. The largest absolute Gasteiger partial charge is 0.418 e. The average molecular weight is 316 g/mol. The molecule has 0 aromatic heterocycles. The molecule has 4 N–H and O–H groups in total. The van der Waals surface area contributed by atoms with Crippen LogP contribution in [0.5, 0.6) is 0 Å². The van der Waals surface area contributed by atoms with Gasteiger partial charge in [0.15, 0.2) is 0 Å². The number of hydrogen-bond donors (Lipinski definition) is 2. The molecule has 1 aliphatic heterocycles. The Morgan fingerprint density at radius 1 is 1.05 bits per heavy atom. The second-order valence-electron chi connectivity index (χ2n) is 5.59. The van der Waals surface area contributed by atoms with E-state index in [0.29, 0.717) is 12.2 Å². The van der Waals surface area contributed by atoms with E-state index in [-0.39, 0.29) is 5.69 Å². The number of alkyl halides is 3. The van der Waals surface area contributed by atoms with E-state index < -0.39 is 11.7 Å². The van der Waals surface area contributed by atoms with E-state index in [9.17, 15) is 13.2 Å². The SMILES string of the molecule is NCCCCN1CCN(c2ccc(N)c(C(F)(F)F)c2)CC1. The van der Waals surface area contributed by atoms with Gasteiger partial charge in [-0.25, -0.2) is 0 Å². The number of nitrogens with two attached hydrogens (primary N) is 2. The lowest BCUT2D eigenvalue weighted by Gasteiger charge is -2.36. The van der Waals surface area contributed by atoms with Crippen LogP contribution in [-0.4, -0.2) is 44.2 Å². The lowest BCUT2D eigenvalue weighted by atomic mass is 10.1. The summed E-state index contributed by atoms with van der Waals surface area (Å²) in [5, 5.41) is 0. The molecular formula is C15H23F3N4. The molecule has 1 heterocycles. The van der Waals surface area contributed by atoms with Crippen LogP contribution in [0.2, 0.25) is 0 Å². The predicted octanol–water partition coefficient (Wildman–Crippen LogP) is 2.15. The quantitative estimate of drug-likeness (QED) is 0.645. The zero-order valence-electron chi connectivity index (χ0n) is 12.6. The first-order valence-corrected chi connectivity index (χ1v) is 7.56. The zero-order valence-corrected chi connectivity index (χ0v) is 12.6. The number of unbranched alkanes of at least 4 members (excludes halogenated alkanes) is 1. The standard InChI is InChI=1S/C15H23F3N4/c16-15(17,18)13-11-12(3-4-14(13)20)22-9-7-21(8-10-22)6-2-1-5-19/h3-4,11H,1-2,5-10,19-20H2. The Balaban J connectivity index is 1.97. The van der Waals surface area contributed by atoms with Gasteiger partial charge in [0.25, 0.3) is 0 Å². The molecular weight excluding hydrogens is 293 g/mol. The molecule has 0 radical (unpaired) electrons. The lowest BCUT2D eigenvalue weighted by molar-refractivity contribution is -0.136. The Labute approximate surface area is 128 Å². The van der Waals surface area contributed by atoms with E-state index >= 15 is 0 Å². The molecule has 2 rings (SSSR count). The molecule has 7 heteroatoms. The number of piperazine rings is 1. The molecule has 0 atom stereocenters. The highest BCUT2D eigenvalue weighted by Crippen LogP contribution is 2.36. The number of rotatable bonds is 5. The molecule has 1 aromatic rings. The van der Waals surface area contributed by atoms with Gasteiger partial charge in [-0.05, 0) is 44.1 Å². The molecule has 124 valence electrons. The van der Waals surface area contributed by atoms with Crippen LogP contribution >= 0.6 is 0 Å². The lowest BCUT2D eigenvalue weighted by Crippen LogP contribution is -2.46. The van der Waals surface area contributed by atoms with Crippen LogP contribution in [0.1, 0.15) is 18.4 Å². The maximum atomic E-state index is 12.9. The number of nitrogen functional groups attached to an aromatic ring is 1. The van der Waals surface area contributed by atoms with E-state index in [1.54, 1.807) is 6.07 Å². The molecule has 1 fully saturated rings. The second kappa shape index (κ2) is 7.19. The predicted molar refractivity (Wildman–Crippen MR) is 82.8 cm³/mol. The van der Waals surface area contributed by atoms with Gasteiger partial charge in [0.1, 0.15) is 0 Å². The Bertz CT molecular complexity index is 482. The first-order valence-electron chi connectivity index (χ1n) is 7.56. The van der Waals surface area contributed by atoms with Crippen LogP contribution < -0.4 is 16.4 Å². The molecule has 0 spiro atoms. The summed E-state index contributed by atoms with van der Waals surface area (Å²) in [4.78, 5) is 4.31. The summed E-state index contributed by atoms with van der Waals surface area (Å²) < 4.78 is 38.7. The maximum absolute atomic E-state index is 12.9. The minimum absolute atomic E-state index is 0.225. The fraction of sp³-hybridized carbons (Fsp3) is 0.600. The third kappa shape index (κ3) is 4.27. The van der Waals surface area contributed by atoms with Gasteiger partial charge in [-0.1, -0.05) is 0 Å². The Morgan fingerprint density at radius 2 is 1.73 bits per heavy atom. The second-order valence-corrected chi connectivity index (χ2v) is 5.59. The van der Waals surface area contributed by atoms with Gasteiger partial charge in [-0.2, -0.15) is 13.2 Å². The monoisotopic (exact) mass is 316 g/mol. The molecule has 22 heavy (non-hydrogen) atoms. The molecule has 0 unspecified atom stereocenters. The van der Waals surface area contributed by atoms with E-state index in [0.717, 1.165) is 51.6 Å². The van der Waals surface area contributed by atoms with Crippen LogP contribution in [0, 0.1) is 0 Å². The number of nitrogens with zero attached hydrogens (tertiary/aromatic N) is 2. The van der Waals surface area contributed by atoms with Gasteiger partial charge in [-0.15, -0.1) is 0 Å². The molecule has 1 aliphatic rings. The first-order chi connectivity index (χ1) is 10.4. The first kappa shape index (κ1) is 16.9. The van der Waals surface area contributed by atoms with Crippen molar-refractivity contribution in [3.8, 4) is 0 Å². The molecule has 4 nitrogen and oxygen atoms in total. The third-order valence-corrected chi connectivity index (χ3v) is 4.01. The minimum Gasteiger partial charge on any atom is -0.398 e. The van der Waals surface area contributed by atoms with Crippen molar-refractivity contribution in [2.24, 2.45) is 5.73 Å². The van der Waals surface area contributed by atoms with Gasteiger partial charge in [-0.3, -0.25) is 4.90 Å². The summed E-state index contributed by atoms with van der Waals surface area (Å²) in [5.74, 6) is 0. The van der Waals surface area contributed by atoms with Crippen LogP contribution in [-0.2, 0) is 6.18 Å². The van der Waals surface area contributed by atoms with Crippen LogP contribution in [0.4, 0.5) is 24.5 Å². The highest BCUT2D eigenvalue weighted by atomic mass is 19.4. The Hall–Kier alpha value is -1.47. The fourth-order valence-electron chi connectivity index (χ4n) is 2.70. The Kier molecular flexibility index (Phi) is 5.52. The van der Waals surface area contributed by atoms with Gasteiger partial charge < -0.3 is 16.4 Å². The smallest absolute Gasteiger partial charge is 0.398 e. The average Bonchev–Trinajstić information content (AvgIpc) is 2.48. The van der Waals surface area contributed by atoms with Gasteiger partial charge >= 0.3 is 6.18 Å². The molecule has 0 saturated carbocycles. The van der Waals surface area contributed by atoms with Crippen molar-refractivity contribution >= 4 is 11.4 Å². The van der Waals surface area contributed by atoms with Crippen molar-refractivity contribution in [2.45, 2.75) is 19.0 Å². The summed E-state index contributed by atoms with van der Waals surface area (Å²) in [6.45, 7) is 4.87. The maximum Gasteiger partial charge on any atom is 0.418 e. The topological polar surface area (TPSA) is 58.5 Å². The van der Waals surface area contributed by atoms with Crippen LogP contribution in [0.15, 0.2) is 18.2 Å². The van der Waals surface area contributed by atoms with Gasteiger partial charge in [0, 0.05) is 37.6 Å². The van der Waals surface area contributed by atoms with Gasteiger partial charge in [0.2, 0.25) is 0 Å². The van der Waals surface area contributed by atoms with Crippen molar-refractivity contribution in [1.29, 1.82) is 0 Å². The number of anilines is 2. The fourth-order valence-corrected chi connectivity index (χ4v) is 2.70. The van der Waals surface area contributed by atoms with Crippen molar-refractivity contribution in [3.05, 3.63) is 23.8 Å². The molecule has 0 bridgehead atoms. The van der Waals surface area contributed by atoms with Crippen molar-refractivity contribution in [2.75, 3.05) is 49.9 Å². The van der Waals surface area contributed by atoms with E-state index in [1.807, 2.05) is 4.90 Å². The summed E-state index contributed by atoms with van der Waals surface area (Å²) in [6, 6.07) is 4.15. The van der Waals surface area contributed by atoms with E-state index in [4.69, 9.17) is 11.5 Å².